The Bertz CT molecular complexity index is 1560. The van der Waals surface area contributed by atoms with Crippen LogP contribution < -0.4 is 15.4 Å². The first-order chi connectivity index (χ1) is 19.3. The number of halogens is 1. The minimum atomic E-state index is -0.548. The topological polar surface area (TPSA) is 138 Å². The smallest absolute Gasteiger partial charge is 0.245 e. The van der Waals surface area contributed by atoms with E-state index in [9.17, 15) is 9.59 Å². The van der Waals surface area contributed by atoms with Crippen molar-refractivity contribution in [3.8, 4) is 11.5 Å². The van der Waals surface area contributed by atoms with E-state index in [2.05, 4.69) is 42.4 Å². The highest BCUT2D eigenvalue weighted by atomic mass is 19.1. The van der Waals surface area contributed by atoms with Crippen LogP contribution in [0.1, 0.15) is 38.3 Å². The number of benzene rings is 1. The van der Waals surface area contributed by atoms with E-state index in [-0.39, 0.29) is 35.1 Å². The molecule has 2 amide bonds. The normalized spacial score (nSPS) is 13.8. The molecule has 0 radical (unpaired) electrons. The number of nitrogens with zero attached hydrogens (tertiary/aromatic N) is 5. The lowest BCUT2D eigenvalue weighted by atomic mass is 9.92. The molecule has 1 aliphatic heterocycles. The molecule has 12 heteroatoms. The lowest BCUT2D eigenvalue weighted by Crippen LogP contribution is -2.36. The molecule has 0 unspecified atom stereocenters. The molecule has 3 N–H and O–H groups in total. The van der Waals surface area contributed by atoms with Gasteiger partial charge in [0.25, 0.3) is 0 Å². The number of pyridine rings is 1. The van der Waals surface area contributed by atoms with Gasteiger partial charge in [-0.25, -0.2) is 19.3 Å². The molecule has 1 saturated heterocycles. The number of fused-ring (bicyclic) bond motifs is 1. The molecule has 0 aliphatic carbocycles. The van der Waals surface area contributed by atoms with Gasteiger partial charge in [-0.1, -0.05) is 20.4 Å². The molecule has 4 heterocycles. The number of likely N-dealkylation sites (tertiary alicyclic amines) is 1. The molecule has 1 aliphatic rings. The number of amides is 2. The third-order valence-electron chi connectivity index (χ3n) is 6.70. The summed E-state index contributed by atoms with van der Waals surface area (Å²) >= 11 is 0. The number of anilines is 3. The van der Waals surface area contributed by atoms with Crippen molar-refractivity contribution in [2.75, 3.05) is 23.7 Å². The van der Waals surface area contributed by atoms with Crippen LogP contribution in [0.3, 0.4) is 0 Å². The summed E-state index contributed by atoms with van der Waals surface area (Å²) in [5.74, 6) is 0.555. The highest BCUT2D eigenvalue weighted by Crippen LogP contribution is 2.35. The summed E-state index contributed by atoms with van der Waals surface area (Å²) < 4.78 is 21.0. The van der Waals surface area contributed by atoms with Crippen LogP contribution in [0.25, 0.3) is 11.0 Å². The number of hydrogen-bond acceptors (Lipinski definition) is 8. The van der Waals surface area contributed by atoms with E-state index >= 15 is 4.39 Å². The summed E-state index contributed by atoms with van der Waals surface area (Å²) in [5, 5.41) is 13.9. The molecule has 11 nitrogen and oxygen atoms in total. The van der Waals surface area contributed by atoms with Crippen LogP contribution in [-0.2, 0) is 9.59 Å². The Labute approximate surface area is 229 Å². The van der Waals surface area contributed by atoms with Crippen molar-refractivity contribution in [1.82, 2.24) is 30.0 Å². The zero-order chi connectivity index (χ0) is 28.2. The van der Waals surface area contributed by atoms with E-state index in [0.29, 0.717) is 41.5 Å². The number of rotatable bonds is 8. The first kappa shape index (κ1) is 26.7. The van der Waals surface area contributed by atoms with Gasteiger partial charge in [-0.05, 0) is 37.1 Å². The maximum atomic E-state index is 15.2. The molecule has 0 atom stereocenters. The predicted octanol–water partition coefficient (Wildman–Crippen LogP) is 4.91. The van der Waals surface area contributed by atoms with Gasteiger partial charge in [-0.15, -0.1) is 0 Å². The SMILES string of the molecule is C=CC(=O)N1CCC(c2[nH]nc3ncnc(Nc4ccc(Oc5ccnc(NC(=O)C(C)C)c5)cc4F)c23)CC1. The van der Waals surface area contributed by atoms with E-state index in [0.717, 1.165) is 18.5 Å². The Morgan fingerprint density at radius 1 is 1.15 bits per heavy atom. The number of carbonyl (C=O) groups excluding carboxylic acids is 2. The second-order valence-corrected chi connectivity index (χ2v) is 9.75. The fourth-order valence-electron chi connectivity index (χ4n) is 4.52. The third-order valence-corrected chi connectivity index (χ3v) is 6.70. The van der Waals surface area contributed by atoms with Crippen LogP contribution in [0.4, 0.5) is 21.7 Å². The van der Waals surface area contributed by atoms with Gasteiger partial charge in [0, 0.05) is 43.3 Å². The van der Waals surface area contributed by atoms with Crippen LogP contribution in [0.15, 0.2) is 55.5 Å². The minimum absolute atomic E-state index is 0.0798. The van der Waals surface area contributed by atoms with Crippen molar-refractivity contribution in [2.45, 2.75) is 32.6 Å². The molecule has 0 spiro atoms. The summed E-state index contributed by atoms with van der Waals surface area (Å²) in [7, 11) is 0. The molecule has 3 aromatic heterocycles. The fraction of sp³-hybridized carbons (Fsp3) is 0.286. The largest absolute Gasteiger partial charge is 0.457 e. The summed E-state index contributed by atoms with van der Waals surface area (Å²) in [6.45, 7) is 8.33. The predicted molar refractivity (Wildman–Crippen MR) is 148 cm³/mol. The average Bonchev–Trinajstić information content (AvgIpc) is 3.39. The Morgan fingerprint density at radius 2 is 1.93 bits per heavy atom. The van der Waals surface area contributed by atoms with Gasteiger partial charge in [0.05, 0.1) is 16.8 Å². The minimum Gasteiger partial charge on any atom is -0.457 e. The van der Waals surface area contributed by atoms with Gasteiger partial charge in [0.1, 0.15) is 35.3 Å². The van der Waals surface area contributed by atoms with Gasteiger partial charge < -0.3 is 20.3 Å². The van der Waals surface area contributed by atoms with Gasteiger partial charge in [-0.3, -0.25) is 14.7 Å². The van der Waals surface area contributed by atoms with Crippen molar-refractivity contribution < 1.29 is 18.7 Å². The van der Waals surface area contributed by atoms with Crippen molar-refractivity contribution in [3.05, 3.63) is 67.0 Å². The zero-order valence-electron chi connectivity index (χ0n) is 22.1. The van der Waals surface area contributed by atoms with E-state index < -0.39 is 5.82 Å². The molecule has 0 saturated carbocycles. The molecule has 0 bridgehead atoms. The van der Waals surface area contributed by atoms with E-state index in [4.69, 9.17) is 4.74 Å². The fourth-order valence-corrected chi connectivity index (χ4v) is 4.52. The molecule has 1 aromatic carbocycles. The zero-order valence-corrected chi connectivity index (χ0v) is 22.1. The Hall–Kier alpha value is -4.87. The number of piperidine rings is 1. The maximum absolute atomic E-state index is 15.2. The second-order valence-electron chi connectivity index (χ2n) is 9.75. The number of aromatic amines is 1. The van der Waals surface area contributed by atoms with E-state index in [1.54, 1.807) is 43.0 Å². The number of H-pyrrole nitrogens is 1. The van der Waals surface area contributed by atoms with Crippen LogP contribution in [0, 0.1) is 11.7 Å². The molecule has 1 fully saturated rings. The summed E-state index contributed by atoms with van der Waals surface area (Å²) in [5.41, 5.74) is 1.52. The molecular formula is C28H29FN8O3. The van der Waals surface area contributed by atoms with E-state index in [1.165, 1.54) is 24.7 Å². The lowest BCUT2D eigenvalue weighted by Gasteiger charge is -2.31. The first-order valence-corrected chi connectivity index (χ1v) is 12.9. The molecule has 206 valence electrons. The molecule has 4 aromatic rings. The summed E-state index contributed by atoms with van der Waals surface area (Å²) in [6, 6.07) is 7.63. The van der Waals surface area contributed by atoms with Crippen LogP contribution in [-0.4, -0.2) is 55.0 Å². The number of ether oxygens (including phenoxy) is 1. The highest BCUT2D eigenvalue weighted by molar-refractivity contribution is 5.92. The Balaban J connectivity index is 1.32. The third kappa shape index (κ3) is 5.75. The van der Waals surface area contributed by atoms with Crippen molar-refractivity contribution >= 4 is 40.2 Å². The van der Waals surface area contributed by atoms with Gasteiger partial charge >= 0.3 is 0 Å². The summed E-state index contributed by atoms with van der Waals surface area (Å²) in [4.78, 5) is 38.4. The number of carbonyl (C=O) groups is 2. The monoisotopic (exact) mass is 544 g/mol. The van der Waals surface area contributed by atoms with Crippen molar-refractivity contribution in [1.29, 1.82) is 0 Å². The highest BCUT2D eigenvalue weighted by Gasteiger charge is 2.27. The van der Waals surface area contributed by atoms with E-state index in [1.807, 2.05) is 0 Å². The molecular weight excluding hydrogens is 515 g/mol. The number of aromatic nitrogens is 5. The average molecular weight is 545 g/mol. The van der Waals surface area contributed by atoms with Crippen LogP contribution in [0.2, 0.25) is 0 Å². The Morgan fingerprint density at radius 3 is 2.65 bits per heavy atom. The van der Waals surface area contributed by atoms with Gasteiger partial charge in [0.2, 0.25) is 11.8 Å². The van der Waals surface area contributed by atoms with Crippen molar-refractivity contribution in [2.24, 2.45) is 5.92 Å². The lowest BCUT2D eigenvalue weighted by molar-refractivity contribution is -0.127. The second kappa shape index (κ2) is 11.5. The molecule has 5 rings (SSSR count). The first-order valence-electron chi connectivity index (χ1n) is 12.9. The standard InChI is InChI=1S/C28H29FN8O3/c1-4-23(38)37-11-8-17(9-12-37)25-24-26(31-15-32-27(24)36-35-25)33-21-6-5-18(13-20(21)29)40-19-7-10-30-22(14-19)34-28(39)16(2)3/h4-7,10,13-17H,1,8-9,11-12H2,2-3H3,(H,30,34,39)(H2,31,32,33,35,36). The summed E-state index contributed by atoms with van der Waals surface area (Å²) in [6.07, 6.45) is 5.68. The molecule has 40 heavy (non-hydrogen) atoms. The van der Waals surface area contributed by atoms with Gasteiger partial charge in [-0.2, -0.15) is 5.10 Å². The van der Waals surface area contributed by atoms with Crippen LogP contribution in [0.5, 0.6) is 11.5 Å². The maximum Gasteiger partial charge on any atom is 0.245 e. The number of nitrogens with one attached hydrogen (secondary N) is 3. The quantitative estimate of drug-likeness (QED) is 0.266. The van der Waals surface area contributed by atoms with Crippen molar-refractivity contribution in [3.63, 3.8) is 0 Å². The van der Waals surface area contributed by atoms with Crippen LogP contribution >= 0.6 is 0 Å². The van der Waals surface area contributed by atoms with Gasteiger partial charge in [0.15, 0.2) is 5.65 Å². The Kier molecular flexibility index (Phi) is 7.67. The number of hydrogen-bond donors (Lipinski definition) is 3.